The second-order valence-corrected chi connectivity index (χ2v) is 18.1. The molecule has 5 nitrogen and oxygen atoms in total. The van der Waals surface area contributed by atoms with Gasteiger partial charge in [-0.25, -0.2) is 0 Å². The lowest BCUT2D eigenvalue weighted by Gasteiger charge is -2.18. The van der Waals surface area contributed by atoms with Crippen LogP contribution in [0.1, 0.15) is 252 Å². The fourth-order valence-corrected chi connectivity index (χ4v) is 7.59. The predicted octanol–water partition coefficient (Wildman–Crippen LogP) is 19.0. The van der Waals surface area contributed by atoms with Crippen LogP contribution in [0, 0.1) is 0 Å². The number of esters is 2. The SMILES string of the molecule is CC/C=C\C/C=C\C/C=C\C/C=C\C/C=C\CCOCC(COC(=O)CCCCCCCCCCCCCCCCCCCCC)OC(=O)CCCCCCC/C=C\C/C=C\C/C=C\CC. The van der Waals surface area contributed by atoms with Gasteiger partial charge >= 0.3 is 11.9 Å². The number of hydrogen-bond acceptors (Lipinski definition) is 5. The largest absolute Gasteiger partial charge is 0.462 e. The zero-order valence-corrected chi connectivity index (χ0v) is 43.4. The van der Waals surface area contributed by atoms with Crippen LogP contribution in [0.15, 0.2) is 97.2 Å². The molecule has 378 valence electrons. The summed E-state index contributed by atoms with van der Waals surface area (Å²) in [6, 6.07) is 0. The zero-order valence-electron chi connectivity index (χ0n) is 43.4. The Labute approximate surface area is 409 Å². The first-order valence-electron chi connectivity index (χ1n) is 27.8. The first-order chi connectivity index (χ1) is 32.6. The van der Waals surface area contributed by atoms with Crippen molar-refractivity contribution >= 4 is 11.9 Å². The number of unbranched alkanes of at least 4 members (excludes halogenated alkanes) is 23. The van der Waals surface area contributed by atoms with Crippen molar-refractivity contribution in [3.63, 3.8) is 0 Å². The van der Waals surface area contributed by atoms with E-state index in [4.69, 9.17) is 14.2 Å². The van der Waals surface area contributed by atoms with Gasteiger partial charge in [0.05, 0.1) is 13.2 Å². The van der Waals surface area contributed by atoms with Crippen molar-refractivity contribution in [2.75, 3.05) is 19.8 Å². The Morgan fingerprint density at radius 3 is 1.09 bits per heavy atom. The monoisotopic (exact) mass is 917 g/mol. The first-order valence-corrected chi connectivity index (χ1v) is 27.8. The molecular formula is C61H104O5. The molecule has 0 saturated heterocycles. The van der Waals surface area contributed by atoms with Gasteiger partial charge in [-0.05, 0) is 83.5 Å². The van der Waals surface area contributed by atoms with E-state index in [1.165, 1.54) is 122 Å². The molecule has 1 atom stereocenters. The smallest absolute Gasteiger partial charge is 0.306 e. The van der Waals surface area contributed by atoms with Crippen LogP contribution >= 0.6 is 0 Å². The summed E-state index contributed by atoms with van der Waals surface area (Å²) in [6.07, 6.45) is 75.9. The normalized spacial score (nSPS) is 13.0. The summed E-state index contributed by atoms with van der Waals surface area (Å²) < 4.78 is 17.3. The highest BCUT2D eigenvalue weighted by atomic mass is 16.6. The summed E-state index contributed by atoms with van der Waals surface area (Å²) in [4.78, 5) is 25.5. The summed E-state index contributed by atoms with van der Waals surface area (Å²) in [6.45, 7) is 7.40. The lowest BCUT2D eigenvalue weighted by molar-refractivity contribution is -0.162. The molecule has 0 aliphatic carbocycles. The quantitative estimate of drug-likeness (QED) is 0.0346. The highest BCUT2D eigenvalue weighted by molar-refractivity contribution is 5.70. The summed E-state index contributed by atoms with van der Waals surface area (Å²) in [5.74, 6) is -0.453. The standard InChI is InChI=1S/C61H104O5/c1-4-7-10-13-16-19-22-25-28-30-31-32-34-36-39-42-45-48-51-54-60(62)65-58-59(57-64-56-53-50-47-44-41-38-35-29-26-23-20-17-14-11-8-5-2)66-61(63)55-52-49-46-43-40-37-33-27-24-21-18-15-12-9-6-3/h8-9,11-12,17-18,20-21,26-27,29,33,38,41,47,50,59H,4-7,10,13-16,19,22-25,28,30-32,34-37,39-40,42-46,48-49,51-58H2,1-3H3/b11-8-,12-9-,20-17-,21-18-,29-26-,33-27-,41-38-,50-47-. The Balaban J connectivity index is 4.36. The van der Waals surface area contributed by atoms with E-state index in [9.17, 15) is 9.59 Å². The number of ether oxygens (including phenoxy) is 3. The minimum atomic E-state index is -0.589. The van der Waals surface area contributed by atoms with Crippen LogP contribution in [0.3, 0.4) is 0 Å². The molecule has 0 heterocycles. The van der Waals surface area contributed by atoms with Crippen molar-refractivity contribution in [1.29, 1.82) is 0 Å². The van der Waals surface area contributed by atoms with Crippen LogP contribution in [0.5, 0.6) is 0 Å². The van der Waals surface area contributed by atoms with Crippen molar-refractivity contribution in [2.24, 2.45) is 0 Å². The number of carbonyl (C=O) groups is 2. The van der Waals surface area contributed by atoms with Gasteiger partial charge in [-0.1, -0.05) is 253 Å². The number of allylic oxidation sites excluding steroid dienone is 15. The zero-order chi connectivity index (χ0) is 47.7. The molecule has 0 amide bonds. The van der Waals surface area contributed by atoms with Crippen LogP contribution in [0.4, 0.5) is 0 Å². The van der Waals surface area contributed by atoms with E-state index in [1.807, 2.05) is 0 Å². The van der Waals surface area contributed by atoms with Gasteiger partial charge in [0.1, 0.15) is 6.61 Å². The van der Waals surface area contributed by atoms with E-state index in [1.54, 1.807) is 0 Å². The molecule has 0 bridgehead atoms. The van der Waals surface area contributed by atoms with Gasteiger partial charge in [0.25, 0.3) is 0 Å². The van der Waals surface area contributed by atoms with E-state index < -0.39 is 6.10 Å². The molecule has 0 aromatic rings. The number of rotatable bonds is 50. The van der Waals surface area contributed by atoms with Crippen molar-refractivity contribution < 1.29 is 23.8 Å². The van der Waals surface area contributed by atoms with Gasteiger partial charge in [0, 0.05) is 12.8 Å². The molecular weight excluding hydrogens is 813 g/mol. The average molecular weight is 917 g/mol. The van der Waals surface area contributed by atoms with Crippen LogP contribution in [-0.2, 0) is 23.8 Å². The van der Waals surface area contributed by atoms with Crippen molar-refractivity contribution in [3.05, 3.63) is 97.2 Å². The average Bonchev–Trinajstić information content (AvgIpc) is 3.32. The highest BCUT2D eigenvalue weighted by Crippen LogP contribution is 2.16. The molecule has 0 aliphatic rings. The third-order valence-corrected chi connectivity index (χ3v) is 11.6. The van der Waals surface area contributed by atoms with Crippen molar-refractivity contribution in [2.45, 2.75) is 258 Å². The van der Waals surface area contributed by atoms with Gasteiger partial charge in [0.2, 0.25) is 0 Å². The lowest BCUT2D eigenvalue weighted by atomic mass is 10.0. The third-order valence-electron chi connectivity index (χ3n) is 11.6. The fourth-order valence-electron chi connectivity index (χ4n) is 7.59. The van der Waals surface area contributed by atoms with E-state index in [-0.39, 0.29) is 25.2 Å². The first kappa shape index (κ1) is 62.8. The Bertz CT molecular complexity index is 1270. The maximum Gasteiger partial charge on any atom is 0.306 e. The summed E-state index contributed by atoms with van der Waals surface area (Å²) >= 11 is 0. The van der Waals surface area contributed by atoms with Crippen LogP contribution < -0.4 is 0 Å². The summed E-state index contributed by atoms with van der Waals surface area (Å²) in [5, 5.41) is 0. The minimum Gasteiger partial charge on any atom is -0.462 e. The Kier molecular flexibility index (Phi) is 53.4. The van der Waals surface area contributed by atoms with Gasteiger partial charge in [0.15, 0.2) is 6.10 Å². The maximum absolute atomic E-state index is 12.8. The van der Waals surface area contributed by atoms with Crippen LogP contribution in [0.25, 0.3) is 0 Å². The fraction of sp³-hybridized carbons (Fsp3) is 0.705. The molecule has 0 fully saturated rings. The van der Waals surface area contributed by atoms with E-state index in [2.05, 4.69) is 118 Å². The molecule has 0 spiro atoms. The third kappa shape index (κ3) is 53.4. The van der Waals surface area contributed by atoms with Gasteiger partial charge < -0.3 is 14.2 Å². The molecule has 0 rings (SSSR count). The van der Waals surface area contributed by atoms with Crippen molar-refractivity contribution in [1.82, 2.24) is 0 Å². The molecule has 0 radical (unpaired) electrons. The summed E-state index contributed by atoms with van der Waals surface area (Å²) in [5.41, 5.74) is 0. The molecule has 5 heteroatoms. The van der Waals surface area contributed by atoms with E-state index in [0.29, 0.717) is 19.4 Å². The molecule has 0 aliphatic heterocycles. The molecule has 0 N–H and O–H groups in total. The van der Waals surface area contributed by atoms with Gasteiger partial charge in [-0.2, -0.15) is 0 Å². The van der Waals surface area contributed by atoms with Gasteiger partial charge in [-0.3, -0.25) is 9.59 Å². The van der Waals surface area contributed by atoms with Crippen molar-refractivity contribution in [3.8, 4) is 0 Å². The topological polar surface area (TPSA) is 61.8 Å². The molecule has 1 unspecified atom stereocenters. The number of carbonyl (C=O) groups excluding carboxylic acids is 2. The van der Waals surface area contributed by atoms with Crippen LogP contribution in [-0.4, -0.2) is 37.9 Å². The molecule has 0 aromatic heterocycles. The Morgan fingerprint density at radius 2 is 0.682 bits per heavy atom. The Hall–Kier alpha value is -3.18. The number of hydrogen-bond donors (Lipinski definition) is 0. The minimum absolute atomic E-state index is 0.0462. The summed E-state index contributed by atoms with van der Waals surface area (Å²) in [7, 11) is 0. The molecule has 0 aromatic carbocycles. The Morgan fingerprint density at radius 1 is 0.348 bits per heavy atom. The van der Waals surface area contributed by atoms with Crippen LogP contribution in [0.2, 0.25) is 0 Å². The molecule has 0 saturated carbocycles. The van der Waals surface area contributed by atoms with E-state index >= 15 is 0 Å². The second kappa shape index (κ2) is 56.1. The maximum atomic E-state index is 12.8. The lowest BCUT2D eigenvalue weighted by Crippen LogP contribution is -2.30. The van der Waals surface area contributed by atoms with E-state index in [0.717, 1.165) is 96.3 Å². The predicted molar refractivity (Wildman–Crippen MR) is 288 cm³/mol. The second-order valence-electron chi connectivity index (χ2n) is 18.1. The molecule has 66 heavy (non-hydrogen) atoms. The highest BCUT2D eigenvalue weighted by Gasteiger charge is 2.17. The van der Waals surface area contributed by atoms with Gasteiger partial charge in [-0.15, -0.1) is 0 Å².